The van der Waals surface area contributed by atoms with Crippen LogP contribution in [0.25, 0.3) is 0 Å². The molecule has 1 aliphatic rings. The monoisotopic (exact) mass is 411 g/mol. The molecule has 1 atom stereocenters. The summed E-state index contributed by atoms with van der Waals surface area (Å²) in [4.78, 5) is 11.3. The van der Waals surface area contributed by atoms with Gasteiger partial charge in [0.15, 0.2) is 0 Å². The summed E-state index contributed by atoms with van der Waals surface area (Å²) in [5.41, 5.74) is 3.24. The molecule has 12 heteroatoms. The molecule has 0 radical (unpaired) electrons. The zero-order chi connectivity index (χ0) is 20.2. The van der Waals surface area contributed by atoms with E-state index >= 15 is 0 Å². The molecule has 27 heavy (non-hydrogen) atoms. The number of alkyl halides is 6. The van der Waals surface area contributed by atoms with Crippen LogP contribution in [0.3, 0.4) is 0 Å². The van der Waals surface area contributed by atoms with Gasteiger partial charge < -0.3 is 11.1 Å². The molecule has 0 aliphatic carbocycles. The Morgan fingerprint density at radius 1 is 1.22 bits per heavy atom. The van der Waals surface area contributed by atoms with Crippen molar-refractivity contribution in [2.75, 3.05) is 0 Å². The first kappa shape index (κ1) is 20.7. The summed E-state index contributed by atoms with van der Waals surface area (Å²) >= 11 is 5.62. The van der Waals surface area contributed by atoms with Gasteiger partial charge in [-0.1, -0.05) is 23.8 Å². The van der Waals surface area contributed by atoms with Gasteiger partial charge in [0, 0.05) is 12.1 Å². The zero-order valence-electron chi connectivity index (χ0n) is 13.3. The molecular weight excluding hydrogens is 400 g/mol. The molecule has 0 aromatic carbocycles. The summed E-state index contributed by atoms with van der Waals surface area (Å²) < 4.78 is 76.6. The zero-order valence-corrected chi connectivity index (χ0v) is 14.1. The van der Waals surface area contributed by atoms with Crippen molar-refractivity contribution in [3.05, 3.63) is 53.1 Å². The number of aromatic nitrogens is 2. The summed E-state index contributed by atoms with van der Waals surface area (Å²) in [6.07, 6.45) is -3.61. The standard InChI is InChI=1S/C15H12ClF6N5/c16-8-6-24-13(25-7-8)27-10(5-11(23)14(17,18)19)4-9-2-1-3-12(26-9)15(20,21)22/h1-3,5-7,12,26H,4,23H2. The van der Waals surface area contributed by atoms with Crippen LogP contribution in [0.4, 0.5) is 32.3 Å². The number of halogens is 7. The van der Waals surface area contributed by atoms with E-state index in [1.54, 1.807) is 0 Å². The Balaban J connectivity index is 2.32. The van der Waals surface area contributed by atoms with Crippen LogP contribution in [0, 0.1) is 0 Å². The molecule has 5 nitrogen and oxygen atoms in total. The number of rotatable bonds is 4. The Morgan fingerprint density at radius 2 is 1.85 bits per heavy atom. The van der Waals surface area contributed by atoms with Crippen molar-refractivity contribution in [3.63, 3.8) is 0 Å². The summed E-state index contributed by atoms with van der Waals surface area (Å²) in [5.74, 6) is -0.222. The number of hydrogen-bond acceptors (Lipinski definition) is 5. The van der Waals surface area contributed by atoms with Gasteiger partial charge in [-0.15, -0.1) is 0 Å². The van der Waals surface area contributed by atoms with Crippen LogP contribution < -0.4 is 11.1 Å². The van der Waals surface area contributed by atoms with E-state index in [2.05, 4.69) is 20.3 Å². The van der Waals surface area contributed by atoms with Gasteiger partial charge in [-0.05, 0) is 12.2 Å². The highest BCUT2D eigenvalue weighted by Crippen LogP contribution is 2.26. The van der Waals surface area contributed by atoms with Gasteiger partial charge in [0.1, 0.15) is 11.7 Å². The first-order valence-corrected chi connectivity index (χ1v) is 7.63. The van der Waals surface area contributed by atoms with Crippen LogP contribution in [-0.2, 0) is 0 Å². The first-order chi connectivity index (χ1) is 12.4. The fourth-order valence-corrected chi connectivity index (χ4v) is 2.05. The average molecular weight is 412 g/mol. The molecule has 0 amide bonds. The number of nitrogens with one attached hydrogen (secondary N) is 1. The number of dihydropyridines is 1. The normalized spacial score (nSPS) is 18.9. The topological polar surface area (TPSA) is 76.2 Å². The van der Waals surface area contributed by atoms with Crippen molar-refractivity contribution in [2.45, 2.75) is 24.8 Å². The van der Waals surface area contributed by atoms with Gasteiger partial charge in [0.05, 0.1) is 23.1 Å². The lowest BCUT2D eigenvalue weighted by Crippen LogP contribution is -2.41. The van der Waals surface area contributed by atoms with E-state index in [1.165, 1.54) is 18.5 Å². The van der Waals surface area contributed by atoms with Crippen LogP contribution in [-0.4, -0.2) is 34.1 Å². The Hall–Kier alpha value is -2.56. The lowest BCUT2D eigenvalue weighted by atomic mass is 10.1. The second-order valence-electron chi connectivity index (χ2n) is 5.32. The molecule has 0 spiro atoms. The molecule has 1 aromatic heterocycles. The van der Waals surface area contributed by atoms with Gasteiger partial charge >= 0.3 is 12.4 Å². The van der Waals surface area contributed by atoms with Gasteiger partial charge in [0.2, 0.25) is 5.95 Å². The summed E-state index contributed by atoms with van der Waals surface area (Å²) in [6, 6.07) is -1.96. The largest absolute Gasteiger partial charge is 0.430 e. The van der Waals surface area contributed by atoms with Crippen LogP contribution in [0.2, 0.25) is 5.02 Å². The second kappa shape index (κ2) is 7.99. The second-order valence-corrected chi connectivity index (χ2v) is 5.76. The lowest BCUT2D eigenvalue weighted by molar-refractivity contribution is -0.143. The number of aliphatic imine (C=N–C) groups is 1. The van der Waals surface area contributed by atoms with Gasteiger partial charge in [-0.2, -0.15) is 26.3 Å². The molecule has 146 valence electrons. The average Bonchev–Trinajstić information content (AvgIpc) is 2.55. The third-order valence-electron chi connectivity index (χ3n) is 3.17. The maximum Gasteiger partial charge on any atom is 0.430 e. The third-order valence-corrected chi connectivity index (χ3v) is 3.36. The Morgan fingerprint density at radius 3 is 2.41 bits per heavy atom. The minimum absolute atomic E-state index is 0.00115. The predicted octanol–water partition coefficient (Wildman–Crippen LogP) is 3.97. The van der Waals surface area contributed by atoms with Gasteiger partial charge in [0.25, 0.3) is 0 Å². The SMILES string of the molecule is NC(=CC(CC1=CC=CC(C(F)(F)F)N1)=Nc1ncc(Cl)cn1)C(F)(F)F. The smallest absolute Gasteiger partial charge is 0.395 e. The molecule has 2 heterocycles. The van der Waals surface area contributed by atoms with E-state index in [-0.39, 0.29) is 28.8 Å². The van der Waals surface area contributed by atoms with Crippen LogP contribution in [0.15, 0.2) is 53.1 Å². The maximum absolute atomic E-state index is 12.8. The highest BCUT2D eigenvalue weighted by molar-refractivity contribution is 6.30. The fraction of sp³-hybridized carbons (Fsp3) is 0.267. The fourth-order valence-electron chi connectivity index (χ4n) is 1.95. The van der Waals surface area contributed by atoms with E-state index < -0.39 is 24.1 Å². The molecule has 3 N–H and O–H groups in total. The number of hydrogen-bond donors (Lipinski definition) is 2. The van der Waals surface area contributed by atoms with E-state index in [1.807, 2.05) is 0 Å². The molecule has 2 rings (SSSR count). The van der Waals surface area contributed by atoms with Gasteiger partial charge in [-0.3, -0.25) is 0 Å². The number of nitrogens with two attached hydrogens (primary N) is 1. The molecule has 1 unspecified atom stereocenters. The molecule has 0 fully saturated rings. The molecule has 0 bridgehead atoms. The maximum atomic E-state index is 12.8. The number of allylic oxidation sites excluding steroid dienone is 5. The molecular formula is C15H12ClF6N5. The molecule has 0 saturated carbocycles. The van der Waals surface area contributed by atoms with Crippen LogP contribution in [0.5, 0.6) is 0 Å². The minimum atomic E-state index is -4.83. The van der Waals surface area contributed by atoms with Crippen molar-refractivity contribution in [3.8, 4) is 0 Å². The van der Waals surface area contributed by atoms with Crippen molar-refractivity contribution >= 4 is 23.3 Å². The van der Waals surface area contributed by atoms with Crippen molar-refractivity contribution in [2.24, 2.45) is 10.7 Å². The summed E-state index contributed by atoms with van der Waals surface area (Å²) in [7, 11) is 0. The Bertz CT molecular complexity index is 792. The van der Waals surface area contributed by atoms with Crippen LogP contribution in [0.1, 0.15) is 6.42 Å². The minimum Gasteiger partial charge on any atom is -0.395 e. The Labute approximate surface area is 154 Å². The van der Waals surface area contributed by atoms with Gasteiger partial charge in [-0.25, -0.2) is 15.0 Å². The van der Waals surface area contributed by atoms with E-state index in [0.29, 0.717) is 6.08 Å². The summed E-state index contributed by atoms with van der Waals surface area (Å²) in [6.45, 7) is 0. The Kier molecular flexibility index (Phi) is 6.14. The molecule has 1 aliphatic heterocycles. The summed E-state index contributed by atoms with van der Waals surface area (Å²) in [5, 5.41) is 2.36. The number of nitrogens with zero attached hydrogens (tertiary/aromatic N) is 3. The highest BCUT2D eigenvalue weighted by Gasteiger charge is 2.39. The van der Waals surface area contributed by atoms with E-state index in [4.69, 9.17) is 17.3 Å². The quantitative estimate of drug-likeness (QED) is 0.580. The van der Waals surface area contributed by atoms with Crippen molar-refractivity contribution < 1.29 is 26.3 Å². The molecule has 1 aromatic rings. The van der Waals surface area contributed by atoms with Crippen molar-refractivity contribution in [1.29, 1.82) is 0 Å². The van der Waals surface area contributed by atoms with E-state index in [9.17, 15) is 26.3 Å². The predicted molar refractivity (Wildman–Crippen MR) is 87.3 cm³/mol. The first-order valence-electron chi connectivity index (χ1n) is 7.25. The lowest BCUT2D eigenvalue weighted by Gasteiger charge is -2.24. The van der Waals surface area contributed by atoms with E-state index in [0.717, 1.165) is 12.2 Å². The third kappa shape index (κ3) is 6.27. The molecule has 0 saturated heterocycles. The van der Waals surface area contributed by atoms with Crippen LogP contribution >= 0.6 is 11.6 Å². The highest BCUT2D eigenvalue weighted by atomic mass is 35.5. The van der Waals surface area contributed by atoms with Crippen molar-refractivity contribution in [1.82, 2.24) is 15.3 Å².